The van der Waals surface area contributed by atoms with Gasteiger partial charge in [0.2, 0.25) is 17.6 Å². The van der Waals surface area contributed by atoms with Gasteiger partial charge in [-0.05, 0) is 35.9 Å². The van der Waals surface area contributed by atoms with E-state index in [1.54, 1.807) is 6.07 Å². The van der Waals surface area contributed by atoms with Crippen LogP contribution in [0.25, 0.3) is 11.4 Å². The Balaban J connectivity index is 1.49. The van der Waals surface area contributed by atoms with Gasteiger partial charge in [0, 0.05) is 31.1 Å². The summed E-state index contributed by atoms with van der Waals surface area (Å²) in [4.78, 5) is 18.0. The molecule has 1 aliphatic heterocycles. The number of halogens is 4. The van der Waals surface area contributed by atoms with Gasteiger partial charge in [-0.2, -0.15) is 4.98 Å². The molecular weight excluding hydrogens is 395 g/mol. The number of carbonyl (C=O) groups excluding carboxylic acids is 1. The predicted octanol–water partition coefficient (Wildman–Crippen LogP) is 4.32. The number of carbonyl (C=O) groups is 1. The van der Waals surface area contributed by atoms with E-state index in [4.69, 9.17) is 16.1 Å². The molecule has 0 spiro atoms. The monoisotopic (exact) mass is 407 g/mol. The van der Waals surface area contributed by atoms with E-state index in [0.29, 0.717) is 11.1 Å². The summed E-state index contributed by atoms with van der Waals surface area (Å²) in [6.45, 7) is 0.348. The molecule has 3 aromatic rings. The van der Waals surface area contributed by atoms with E-state index in [9.17, 15) is 18.0 Å². The first-order valence-electron chi connectivity index (χ1n) is 8.41. The smallest absolute Gasteiger partial charge is 0.232 e. The second kappa shape index (κ2) is 7.27. The molecular formula is C19H13ClF3N3O2. The minimum Gasteiger partial charge on any atom is -0.339 e. The lowest BCUT2D eigenvalue weighted by Crippen LogP contribution is -2.24. The van der Waals surface area contributed by atoms with E-state index < -0.39 is 17.5 Å². The van der Waals surface area contributed by atoms with E-state index >= 15 is 0 Å². The molecule has 9 heteroatoms. The molecule has 1 unspecified atom stereocenters. The maximum atomic E-state index is 13.6. The molecule has 1 fully saturated rings. The quantitative estimate of drug-likeness (QED) is 0.646. The molecule has 0 bridgehead atoms. The van der Waals surface area contributed by atoms with Crippen molar-refractivity contribution >= 4 is 17.5 Å². The van der Waals surface area contributed by atoms with Gasteiger partial charge in [-0.3, -0.25) is 4.79 Å². The molecule has 1 amide bonds. The molecule has 1 atom stereocenters. The summed E-state index contributed by atoms with van der Waals surface area (Å²) in [5, 5.41) is 3.82. The van der Waals surface area contributed by atoms with E-state index in [1.165, 1.54) is 29.2 Å². The summed E-state index contributed by atoms with van der Waals surface area (Å²) in [5.74, 6) is -2.12. The zero-order chi connectivity index (χ0) is 19.8. The maximum Gasteiger partial charge on any atom is 0.232 e. The second-order valence-corrected chi connectivity index (χ2v) is 6.95. The number of nitrogens with zero attached hydrogens (tertiary/aromatic N) is 3. The van der Waals surface area contributed by atoms with Crippen LogP contribution in [0.2, 0.25) is 5.02 Å². The van der Waals surface area contributed by atoms with Crippen molar-refractivity contribution in [3.05, 3.63) is 70.3 Å². The summed E-state index contributed by atoms with van der Waals surface area (Å²) in [6, 6.07) is 7.29. The summed E-state index contributed by atoms with van der Waals surface area (Å²) >= 11 is 5.67. The van der Waals surface area contributed by atoms with Crippen LogP contribution in [0.4, 0.5) is 13.2 Å². The maximum absolute atomic E-state index is 13.6. The first-order chi connectivity index (χ1) is 13.4. The van der Waals surface area contributed by atoms with Crippen molar-refractivity contribution in [3.63, 3.8) is 0 Å². The lowest BCUT2D eigenvalue weighted by atomic mass is 10.1. The Kier molecular flexibility index (Phi) is 4.80. The molecule has 1 aliphatic rings. The molecule has 0 aliphatic carbocycles. The topological polar surface area (TPSA) is 59.2 Å². The molecule has 1 aromatic heterocycles. The highest BCUT2D eigenvalue weighted by Gasteiger charge is 2.34. The molecule has 0 radical (unpaired) electrons. The first kappa shape index (κ1) is 18.5. The number of hydrogen-bond donors (Lipinski definition) is 0. The Hall–Kier alpha value is -2.87. The van der Waals surface area contributed by atoms with Gasteiger partial charge in [0.05, 0.1) is 10.9 Å². The molecule has 2 aromatic carbocycles. The van der Waals surface area contributed by atoms with Crippen molar-refractivity contribution in [3.8, 4) is 11.4 Å². The average Bonchev–Trinajstić information content (AvgIpc) is 3.24. The van der Waals surface area contributed by atoms with Crippen LogP contribution < -0.4 is 0 Å². The lowest BCUT2D eigenvalue weighted by Gasteiger charge is -2.16. The molecule has 28 heavy (non-hydrogen) atoms. The number of rotatable bonds is 4. The SMILES string of the molecule is O=C1CC(c2nc(-c3ccc(Cl)c(F)c3)no2)CN1Cc1cc(F)cc(F)c1. The zero-order valence-corrected chi connectivity index (χ0v) is 15.1. The number of amides is 1. The van der Waals surface area contributed by atoms with Gasteiger partial charge >= 0.3 is 0 Å². The normalized spacial score (nSPS) is 16.8. The number of hydrogen-bond acceptors (Lipinski definition) is 4. The van der Waals surface area contributed by atoms with Crippen molar-refractivity contribution in [2.75, 3.05) is 6.54 Å². The summed E-state index contributed by atoms with van der Waals surface area (Å²) in [5.41, 5.74) is 0.752. The predicted molar refractivity (Wildman–Crippen MR) is 93.8 cm³/mol. The highest BCUT2D eigenvalue weighted by atomic mass is 35.5. The molecule has 144 valence electrons. The first-order valence-corrected chi connectivity index (χ1v) is 8.78. The lowest BCUT2D eigenvalue weighted by molar-refractivity contribution is -0.128. The van der Waals surface area contributed by atoms with Gasteiger partial charge in [-0.15, -0.1) is 0 Å². The molecule has 0 saturated carbocycles. The Morgan fingerprint density at radius 3 is 2.61 bits per heavy atom. The largest absolute Gasteiger partial charge is 0.339 e. The minimum absolute atomic E-state index is 0.0155. The second-order valence-electron chi connectivity index (χ2n) is 6.54. The Morgan fingerprint density at radius 1 is 1.14 bits per heavy atom. The van der Waals surface area contributed by atoms with E-state index in [-0.39, 0.29) is 48.1 Å². The standard InChI is InChI=1S/C19H13ClF3N3O2/c20-15-2-1-11(5-16(15)23)18-24-19(28-25-18)12-6-17(27)26(9-12)8-10-3-13(21)7-14(22)4-10/h1-5,7,12H,6,8-9H2. The highest BCUT2D eigenvalue weighted by molar-refractivity contribution is 6.30. The number of likely N-dealkylation sites (tertiary alicyclic amines) is 1. The fourth-order valence-electron chi connectivity index (χ4n) is 3.17. The summed E-state index contributed by atoms with van der Waals surface area (Å²) in [7, 11) is 0. The van der Waals surface area contributed by atoms with Gasteiger partial charge in [0.15, 0.2) is 0 Å². The van der Waals surface area contributed by atoms with E-state index in [1.807, 2.05) is 0 Å². The van der Waals surface area contributed by atoms with Crippen LogP contribution in [0.5, 0.6) is 0 Å². The van der Waals surface area contributed by atoms with Gasteiger partial charge < -0.3 is 9.42 Å². The third-order valence-corrected chi connectivity index (χ3v) is 4.79. The fraction of sp³-hybridized carbons (Fsp3) is 0.211. The van der Waals surface area contributed by atoms with Crippen molar-refractivity contribution in [1.29, 1.82) is 0 Å². The van der Waals surface area contributed by atoms with Crippen molar-refractivity contribution < 1.29 is 22.5 Å². The van der Waals surface area contributed by atoms with Crippen LogP contribution in [-0.4, -0.2) is 27.5 Å². The van der Waals surface area contributed by atoms with Crippen LogP contribution in [0.3, 0.4) is 0 Å². The molecule has 4 rings (SSSR count). The number of aromatic nitrogens is 2. The molecule has 2 heterocycles. The Labute approximate surface area is 162 Å². The molecule has 0 N–H and O–H groups in total. The molecule has 1 saturated heterocycles. The third kappa shape index (κ3) is 3.73. The van der Waals surface area contributed by atoms with Gasteiger partial charge in [0.25, 0.3) is 0 Å². The van der Waals surface area contributed by atoms with Gasteiger partial charge in [-0.1, -0.05) is 16.8 Å². The molecule has 5 nitrogen and oxygen atoms in total. The average molecular weight is 408 g/mol. The summed E-state index contributed by atoms with van der Waals surface area (Å²) in [6.07, 6.45) is 0.133. The Morgan fingerprint density at radius 2 is 1.89 bits per heavy atom. The van der Waals surface area contributed by atoms with Crippen LogP contribution in [-0.2, 0) is 11.3 Å². The highest BCUT2D eigenvalue weighted by Crippen LogP contribution is 2.30. The Bertz CT molecular complexity index is 1040. The fourth-order valence-corrected chi connectivity index (χ4v) is 3.28. The minimum atomic E-state index is -0.699. The van der Waals surface area contributed by atoms with Crippen LogP contribution in [0.15, 0.2) is 40.9 Å². The summed E-state index contributed by atoms with van der Waals surface area (Å²) < 4.78 is 45.6. The third-order valence-electron chi connectivity index (χ3n) is 4.48. The number of benzene rings is 2. The van der Waals surface area contributed by atoms with Crippen molar-refractivity contribution in [2.24, 2.45) is 0 Å². The van der Waals surface area contributed by atoms with Crippen LogP contribution in [0.1, 0.15) is 23.8 Å². The van der Waals surface area contributed by atoms with Crippen LogP contribution >= 0.6 is 11.6 Å². The van der Waals surface area contributed by atoms with Gasteiger partial charge in [0.1, 0.15) is 17.5 Å². The van der Waals surface area contributed by atoms with Crippen LogP contribution in [0, 0.1) is 17.5 Å². The van der Waals surface area contributed by atoms with Crippen molar-refractivity contribution in [2.45, 2.75) is 18.9 Å². The van der Waals surface area contributed by atoms with Crippen molar-refractivity contribution in [1.82, 2.24) is 15.0 Å². The van der Waals surface area contributed by atoms with Gasteiger partial charge in [-0.25, -0.2) is 13.2 Å². The van der Waals surface area contributed by atoms with E-state index in [0.717, 1.165) is 6.07 Å². The zero-order valence-electron chi connectivity index (χ0n) is 14.3. The van der Waals surface area contributed by atoms with E-state index in [2.05, 4.69) is 10.1 Å².